The van der Waals surface area contributed by atoms with E-state index in [9.17, 15) is 0 Å². The average Bonchev–Trinajstić information content (AvgIpc) is 3.22. The minimum absolute atomic E-state index is 0.659. The molecule has 4 nitrogen and oxygen atoms in total. The zero-order valence-corrected chi connectivity index (χ0v) is 13.1. The van der Waals surface area contributed by atoms with Crippen LogP contribution in [0.2, 0.25) is 0 Å². The van der Waals surface area contributed by atoms with Crippen LogP contribution in [0.3, 0.4) is 0 Å². The molecule has 0 radical (unpaired) electrons. The van der Waals surface area contributed by atoms with Crippen LogP contribution in [0.5, 0.6) is 5.75 Å². The van der Waals surface area contributed by atoms with E-state index in [4.69, 9.17) is 13.9 Å². The maximum Gasteiger partial charge on any atom is 0.217 e. The summed E-state index contributed by atoms with van der Waals surface area (Å²) in [5.41, 5.74) is 1.94. The summed E-state index contributed by atoms with van der Waals surface area (Å²) in [5.74, 6) is 2.35. The van der Waals surface area contributed by atoms with Gasteiger partial charge in [0.2, 0.25) is 5.90 Å². The molecule has 2 aromatic rings. The summed E-state index contributed by atoms with van der Waals surface area (Å²) in [6.07, 6.45) is 8.40. The fourth-order valence-electron chi connectivity index (χ4n) is 2.26. The first-order chi connectivity index (χ1) is 11.3. The predicted molar refractivity (Wildman–Crippen MR) is 91.1 cm³/mol. The molecule has 4 heteroatoms. The Labute approximate surface area is 135 Å². The number of furan rings is 1. The van der Waals surface area contributed by atoms with E-state index in [1.165, 1.54) is 0 Å². The molecular weight excluding hydrogens is 290 g/mol. The fourth-order valence-corrected chi connectivity index (χ4v) is 2.26. The molecule has 0 saturated carbocycles. The van der Waals surface area contributed by atoms with Gasteiger partial charge < -0.3 is 13.9 Å². The van der Waals surface area contributed by atoms with Crippen molar-refractivity contribution in [2.24, 2.45) is 4.99 Å². The van der Waals surface area contributed by atoms with Crippen LogP contribution in [-0.4, -0.2) is 19.1 Å². The number of ether oxygens (including phenoxy) is 2. The van der Waals surface area contributed by atoms with E-state index in [1.54, 1.807) is 6.26 Å². The van der Waals surface area contributed by atoms with Crippen LogP contribution in [0.4, 0.5) is 5.69 Å². The van der Waals surface area contributed by atoms with Gasteiger partial charge >= 0.3 is 0 Å². The van der Waals surface area contributed by atoms with E-state index in [0.717, 1.165) is 29.2 Å². The van der Waals surface area contributed by atoms with E-state index < -0.39 is 0 Å². The molecule has 1 saturated heterocycles. The van der Waals surface area contributed by atoms with Gasteiger partial charge in [0.15, 0.2) is 0 Å². The summed E-state index contributed by atoms with van der Waals surface area (Å²) in [7, 11) is 0. The molecule has 1 aromatic heterocycles. The van der Waals surface area contributed by atoms with Crippen molar-refractivity contribution >= 4 is 17.7 Å². The lowest BCUT2D eigenvalue weighted by molar-refractivity contribution is 0.340. The van der Waals surface area contributed by atoms with Crippen LogP contribution in [-0.2, 0) is 4.74 Å². The molecule has 0 aliphatic carbocycles. The van der Waals surface area contributed by atoms with E-state index in [1.807, 2.05) is 61.5 Å². The van der Waals surface area contributed by atoms with Gasteiger partial charge in [-0.05, 0) is 49.4 Å². The predicted octanol–water partition coefficient (Wildman–Crippen LogP) is 4.77. The largest absolute Gasteiger partial charge is 0.494 e. The second-order valence-electron chi connectivity index (χ2n) is 5.01. The zero-order valence-electron chi connectivity index (χ0n) is 13.1. The van der Waals surface area contributed by atoms with Gasteiger partial charge in [0.1, 0.15) is 11.5 Å². The van der Waals surface area contributed by atoms with Gasteiger partial charge in [-0.2, -0.15) is 0 Å². The quantitative estimate of drug-likeness (QED) is 0.799. The Morgan fingerprint density at radius 2 is 2.09 bits per heavy atom. The molecule has 1 aliphatic rings. The Morgan fingerprint density at radius 1 is 1.22 bits per heavy atom. The van der Waals surface area contributed by atoms with Crippen LogP contribution in [0.1, 0.15) is 19.1 Å². The van der Waals surface area contributed by atoms with Crippen LogP contribution < -0.4 is 4.74 Å². The topological polar surface area (TPSA) is 44.0 Å². The monoisotopic (exact) mass is 309 g/mol. The molecule has 1 aliphatic heterocycles. The third kappa shape index (κ3) is 4.13. The van der Waals surface area contributed by atoms with Gasteiger partial charge in [-0.3, -0.25) is 0 Å². The Kier molecular flexibility index (Phi) is 4.94. The number of nitrogens with zero attached hydrogens (tertiary/aromatic N) is 1. The molecule has 118 valence electrons. The maximum absolute atomic E-state index is 5.63. The second kappa shape index (κ2) is 7.49. The lowest BCUT2D eigenvalue weighted by Crippen LogP contribution is -1.96. The lowest BCUT2D eigenvalue weighted by atomic mass is 10.2. The average molecular weight is 309 g/mol. The van der Waals surface area contributed by atoms with Crippen molar-refractivity contribution in [2.45, 2.75) is 13.3 Å². The Bertz CT molecular complexity index is 710. The molecule has 0 atom stereocenters. The third-order valence-corrected chi connectivity index (χ3v) is 3.36. The number of aliphatic imine (C=N–C) groups is 1. The highest BCUT2D eigenvalue weighted by molar-refractivity contribution is 5.97. The van der Waals surface area contributed by atoms with E-state index in [-0.39, 0.29) is 0 Å². The summed E-state index contributed by atoms with van der Waals surface area (Å²) in [4.78, 5) is 4.57. The molecular formula is C19H19NO3. The van der Waals surface area contributed by atoms with Crippen LogP contribution in [0.15, 0.2) is 69.8 Å². The first-order valence-electron chi connectivity index (χ1n) is 7.70. The van der Waals surface area contributed by atoms with Gasteiger partial charge in [0.25, 0.3) is 0 Å². The molecule has 23 heavy (non-hydrogen) atoms. The van der Waals surface area contributed by atoms with Gasteiger partial charge in [-0.25, -0.2) is 4.99 Å². The highest BCUT2D eigenvalue weighted by atomic mass is 16.5. The molecule has 1 aromatic carbocycles. The van der Waals surface area contributed by atoms with E-state index in [0.29, 0.717) is 19.1 Å². The summed E-state index contributed by atoms with van der Waals surface area (Å²) in [6.45, 7) is 3.29. The van der Waals surface area contributed by atoms with Crippen molar-refractivity contribution in [3.63, 3.8) is 0 Å². The molecule has 1 fully saturated rings. The normalized spacial score (nSPS) is 18.0. The van der Waals surface area contributed by atoms with Crippen LogP contribution >= 0.6 is 0 Å². The second-order valence-corrected chi connectivity index (χ2v) is 5.01. The molecule has 0 amide bonds. The Hall–Kier alpha value is -2.75. The van der Waals surface area contributed by atoms with Crippen molar-refractivity contribution in [1.82, 2.24) is 0 Å². The van der Waals surface area contributed by atoms with Crippen molar-refractivity contribution < 1.29 is 13.9 Å². The Morgan fingerprint density at radius 3 is 2.83 bits per heavy atom. The number of rotatable bonds is 5. The molecule has 0 spiro atoms. The third-order valence-electron chi connectivity index (χ3n) is 3.36. The van der Waals surface area contributed by atoms with Crippen molar-refractivity contribution in [1.29, 1.82) is 0 Å². The highest BCUT2D eigenvalue weighted by Crippen LogP contribution is 2.23. The zero-order chi connectivity index (χ0) is 15.9. The highest BCUT2D eigenvalue weighted by Gasteiger charge is 2.16. The number of hydrogen-bond donors (Lipinski definition) is 0. The summed E-state index contributed by atoms with van der Waals surface area (Å²) in [5, 5.41) is 0. The van der Waals surface area contributed by atoms with Crippen molar-refractivity contribution in [3.8, 4) is 5.75 Å². The minimum atomic E-state index is 0.659. The van der Waals surface area contributed by atoms with Crippen LogP contribution in [0.25, 0.3) is 6.08 Å². The standard InChI is InChI=1S/C19H19NO3/c1-2-21-18-10-8-16(9-11-18)20-19-15(12-14-23-19)5-3-6-17-7-4-13-22-17/h3-11,13H,2,12,14H2,1H3/b6-3+,15-5+,20-19?. The fraction of sp³-hybridized carbons (Fsp3) is 0.211. The first kappa shape index (κ1) is 15.2. The van der Waals surface area contributed by atoms with E-state index in [2.05, 4.69) is 4.99 Å². The smallest absolute Gasteiger partial charge is 0.217 e. The summed E-state index contributed by atoms with van der Waals surface area (Å²) in [6, 6.07) is 11.5. The SMILES string of the molecule is CCOc1ccc(N=C2OCC/C2=C\C=C\c2ccco2)cc1. The molecule has 0 bridgehead atoms. The number of allylic oxidation sites excluding steroid dienone is 2. The van der Waals surface area contributed by atoms with Crippen molar-refractivity contribution in [2.75, 3.05) is 13.2 Å². The molecule has 0 N–H and O–H groups in total. The number of benzene rings is 1. The number of hydrogen-bond acceptors (Lipinski definition) is 4. The minimum Gasteiger partial charge on any atom is -0.494 e. The molecule has 3 rings (SSSR count). The van der Waals surface area contributed by atoms with Crippen molar-refractivity contribution in [3.05, 3.63) is 66.1 Å². The maximum atomic E-state index is 5.63. The first-order valence-corrected chi connectivity index (χ1v) is 7.70. The van der Waals surface area contributed by atoms with Gasteiger partial charge in [0.05, 0.1) is 25.2 Å². The van der Waals surface area contributed by atoms with Gasteiger partial charge in [0, 0.05) is 12.0 Å². The summed E-state index contributed by atoms with van der Waals surface area (Å²) >= 11 is 0. The molecule has 0 unspecified atom stereocenters. The lowest BCUT2D eigenvalue weighted by Gasteiger charge is -2.03. The van der Waals surface area contributed by atoms with Gasteiger partial charge in [-0.1, -0.05) is 12.2 Å². The molecule has 2 heterocycles. The summed E-state index contributed by atoms with van der Waals surface area (Å²) < 4.78 is 16.3. The van der Waals surface area contributed by atoms with Crippen LogP contribution in [0, 0.1) is 0 Å². The van der Waals surface area contributed by atoms with Gasteiger partial charge in [-0.15, -0.1) is 0 Å². The van der Waals surface area contributed by atoms with E-state index >= 15 is 0 Å². The Balaban J connectivity index is 1.72.